The number of rotatable bonds is 5. The Labute approximate surface area is 181 Å². The fraction of sp³-hybridized carbons (Fsp3) is 0.240. The lowest BCUT2D eigenvalue weighted by atomic mass is 9.88. The van der Waals surface area contributed by atoms with Crippen LogP contribution in [0.15, 0.2) is 60.7 Å². The number of carbonyl (C=O) groups excluding carboxylic acids is 1. The third-order valence-electron chi connectivity index (χ3n) is 5.55. The lowest BCUT2D eigenvalue weighted by molar-refractivity contribution is 0.159. The van der Waals surface area contributed by atoms with Crippen molar-refractivity contribution in [2.45, 2.75) is 25.4 Å². The normalized spacial score (nSPS) is 15.0. The number of hydrogen-bond donors (Lipinski definition) is 3. The number of aliphatic hydroxyl groups excluding tert-OH is 1. The van der Waals surface area contributed by atoms with E-state index in [-0.39, 0.29) is 12.1 Å². The van der Waals surface area contributed by atoms with E-state index >= 15 is 0 Å². The van der Waals surface area contributed by atoms with E-state index in [0.717, 1.165) is 46.7 Å². The van der Waals surface area contributed by atoms with Crippen molar-refractivity contribution in [1.82, 2.24) is 0 Å². The molecule has 0 fully saturated rings. The Morgan fingerprint density at radius 1 is 1.00 bits per heavy atom. The van der Waals surface area contributed by atoms with Gasteiger partial charge in [-0.25, -0.2) is 4.79 Å². The average molecular weight is 418 g/mol. The Hall–Kier alpha value is -3.51. The molecule has 3 N–H and O–H groups in total. The first kappa shape index (κ1) is 20.8. The zero-order valence-electron chi connectivity index (χ0n) is 17.6. The zero-order valence-corrected chi connectivity index (χ0v) is 17.6. The Morgan fingerprint density at radius 2 is 1.84 bits per heavy atom. The van der Waals surface area contributed by atoms with Crippen LogP contribution in [-0.2, 0) is 12.8 Å². The SMILES string of the molecule is COc1ccc(OC)c(-c2cccc(NC(=O)Nc3cccc4c3CC(O)CC4)c2)c1. The molecule has 0 saturated heterocycles. The van der Waals surface area contributed by atoms with Crippen LogP contribution < -0.4 is 20.1 Å². The largest absolute Gasteiger partial charge is 0.497 e. The van der Waals surface area contributed by atoms with Crippen LogP contribution in [0.5, 0.6) is 11.5 Å². The first-order valence-electron chi connectivity index (χ1n) is 10.3. The molecule has 6 heteroatoms. The summed E-state index contributed by atoms with van der Waals surface area (Å²) in [6.07, 6.45) is 1.76. The Bertz CT molecular complexity index is 1100. The average Bonchev–Trinajstić information content (AvgIpc) is 2.79. The van der Waals surface area contributed by atoms with Crippen LogP contribution in [0.25, 0.3) is 11.1 Å². The highest BCUT2D eigenvalue weighted by molar-refractivity contribution is 6.00. The minimum Gasteiger partial charge on any atom is -0.497 e. The van der Waals surface area contributed by atoms with Crippen LogP contribution in [-0.4, -0.2) is 31.5 Å². The van der Waals surface area contributed by atoms with Crippen molar-refractivity contribution in [2.24, 2.45) is 0 Å². The summed E-state index contributed by atoms with van der Waals surface area (Å²) in [6, 6.07) is 18.7. The minimum absolute atomic E-state index is 0.330. The monoisotopic (exact) mass is 418 g/mol. The first-order valence-corrected chi connectivity index (χ1v) is 10.3. The molecule has 0 aromatic heterocycles. The number of nitrogens with one attached hydrogen (secondary N) is 2. The van der Waals surface area contributed by atoms with Crippen LogP contribution in [0, 0.1) is 0 Å². The summed E-state index contributed by atoms with van der Waals surface area (Å²) in [7, 11) is 3.24. The smallest absolute Gasteiger partial charge is 0.323 e. The molecule has 1 atom stereocenters. The standard InChI is InChI=1S/C25H26N2O4/c1-30-20-11-12-24(31-2)22(15-20)17-6-3-7-18(13-17)26-25(29)27-23-8-4-5-16-9-10-19(28)14-21(16)23/h3-8,11-13,15,19,28H,9-10,14H2,1-2H3,(H2,26,27,29). The van der Waals surface area contributed by atoms with Crippen molar-refractivity contribution in [3.05, 3.63) is 71.8 Å². The van der Waals surface area contributed by atoms with Gasteiger partial charge >= 0.3 is 6.03 Å². The Balaban J connectivity index is 1.54. The number of methoxy groups -OCH3 is 2. The number of aliphatic hydroxyl groups is 1. The lowest BCUT2D eigenvalue weighted by Crippen LogP contribution is -2.24. The van der Waals surface area contributed by atoms with Crippen molar-refractivity contribution in [3.8, 4) is 22.6 Å². The van der Waals surface area contributed by atoms with Crippen LogP contribution >= 0.6 is 0 Å². The molecular formula is C25H26N2O4. The second kappa shape index (κ2) is 9.10. The molecule has 0 radical (unpaired) electrons. The highest BCUT2D eigenvalue weighted by Gasteiger charge is 2.20. The first-order chi connectivity index (χ1) is 15.1. The molecule has 0 aliphatic heterocycles. The number of urea groups is 1. The summed E-state index contributed by atoms with van der Waals surface area (Å²) in [5.41, 5.74) is 5.34. The molecule has 0 bridgehead atoms. The van der Waals surface area contributed by atoms with E-state index in [9.17, 15) is 9.90 Å². The Kier molecular flexibility index (Phi) is 6.09. The fourth-order valence-corrected chi connectivity index (χ4v) is 3.98. The van der Waals surface area contributed by atoms with Gasteiger partial charge in [-0.05, 0) is 65.9 Å². The number of carbonyl (C=O) groups is 1. The summed E-state index contributed by atoms with van der Waals surface area (Å²) in [6.45, 7) is 0. The van der Waals surface area contributed by atoms with Crippen LogP contribution in [0.3, 0.4) is 0 Å². The number of fused-ring (bicyclic) bond motifs is 1. The van der Waals surface area contributed by atoms with Gasteiger partial charge in [0.2, 0.25) is 0 Å². The summed E-state index contributed by atoms with van der Waals surface area (Å²) in [4.78, 5) is 12.7. The molecule has 3 aromatic rings. The second-order valence-electron chi connectivity index (χ2n) is 7.57. The highest BCUT2D eigenvalue weighted by atomic mass is 16.5. The second-order valence-corrected chi connectivity index (χ2v) is 7.57. The fourth-order valence-electron chi connectivity index (χ4n) is 3.98. The molecule has 31 heavy (non-hydrogen) atoms. The number of aryl methyl sites for hydroxylation is 1. The van der Waals surface area contributed by atoms with Crippen LogP contribution in [0.4, 0.5) is 16.2 Å². The molecule has 160 valence electrons. The molecule has 4 rings (SSSR count). The zero-order chi connectivity index (χ0) is 21.8. The molecule has 1 aliphatic rings. The van der Waals surface area contributed by atoms with Crippen LogP contribution in [0.1, 0.15) is 17.5 Å². The third-order valence-corrected chi connectivity index (χ3v) is 5.55. The molecule has 0 spiro atoms. The molecule has 0 saturated carbocycles. The molecule has 3 aromatic carbocycles. The quantitative estimate of drug-likeness (QED) is 0.553. The van der Waals surface area contributed by atoms with Crippen molar-refractivity contribution in [3.63, 3.8) is 0 Å². The summed E-state index contributed by atoms with van der Waals surface area (Å²) >= 11 is 0. The minimum atomic E-state index is -0.368. The van der Waals surface area contributed by atoms with Gasteiger partial charge in [0.15, 0.2) is 0 Å². The number of amides is 2. The van der Waals surface area contributed by atoms with E-state index in [0.29, 0.717) is 12.1 Å². The van der Waals surface area contributed by atoms with Gasteiger partial charge in [0, 0.05) is 23.4 Å². The Morgan fingerprint density at radius 3 is 2.65 bits per heavy atom. The molecule has 2 amide bonds. The van der Waals surface area contributed by atoms with Gasteiger partial charge in [0.25, 0.3) is 0 Å². The molecule has 1 unspecified atom stereocenters. The molecular weight excluding hydrogens is 392 g/mol. The lowest BCUT2D eigenvalue weighted by Gasteiger charge is -2.23. The predicted molar refractivity (Wildman–Crippen MR) is 122 cm³/mol. The van der Waals surface area contributed by atoms with Crippen molar-refractivity contribution in [1.29, 1.82) is 0 Å². The van der Waals surface area contributed by atoms with Gasteiger partial charge in [0.1, 0.15) is 11.5 Å². The summed E-state index contributed by atoms with van der Waals surface area (Å²) < 4.78 is 10.8. The van der Waals surface area contributed by atoms with E-state index in [2.05, 4.69) is 16.7 Å². The van der Waals surface area contributed by atoms with E-state index in [4.69, 9.17) is 9.47 Å². The molecule has 0 heterocycles. The predicted octanol–water partition coefficient (Wildman–Crippen LogP) is 4.86. The van der Waals surface area contributed by atoms with Gasteiger partial charge in [-0.3, -0.25) is 0 Å². The third kappa shape index (κ3) is 4.64. The topological polar surface area (TPSA) is 79.8 Å². The van der Waals surface area contributed by atoms with Crippen molar-refractivity contribution in [2.75, 3.05) is 24.9 Å². The van der Waals surface area contributed by atoms with E-state index in [1.54, 1.807) is 14.2 Å². The van der Waals surface area contributed by atoms with Gasteiger partial charge < -0.3 is 25.2 Å². The summed E-state index contributed by atoms with van der Waals surface area (Å²) in [5.74, 6) is 1.44. The van der Waals surface area contributed by atoms with Crippen molar-refractivity contribution < 1.29 is 19.4 Å². The van der Waals surface area contributed by atoms with Crippen LogP contribution in [0.2, 0.25) is 0 Å². The van der Waals surface area contributed by atoms with Crippen molar-refractivity contribution >= 4 is 17.4 Å². The number of anilines is 2. The van der Waals surface area contributed by atoms with E-state index in [1.807, 2.05) is 54.6 Å². The number of ether oxygens (including phenoxy) is 2. The van der Waals surface area contributed by atoms with Gasteiger partial charge in [0.05, 0.1) is 20.3 Å². The maximum Gasteiger partial charge on any atom is 0.323 e. The number of hydrogen-bond acceptors (Lipinski definition) is 4. The number of benzene rings is 3. The summed E-state index contributed by atoms with van der Waals surface area (Å²) in [5, 5.41) is 15.9. The molecule has 6 nitrogen and oxygen atoms in total. The van der Waals surface area contributed by atoms with Gasteiger partial charge in [-0.2, -0.15) is 0 Å². The maximum atomic E-state index is 12.7. The van der Waals surface area contributed by atoms with Gasteiger partial charge in [-0.15, -0.1) is 0 Å². The van der Waals surface area contributed by atoms with Gasteiger partial charge in [-0.1, -0.05) is 24.3 Å². The maximum absolute atomic E-state index is 12.7. The molecule has 1 aliphatic carbocycles. The highest BCUT2D eigenvalue weighted by Crippen LogP contribution is 2.34. The van der Waals surface area contributed by atoms with E-state index in [1.165, 1.54) is 5.56 Å². The van der Waals surface area contributed by atoms with E-state index < -0.39 is 0 Å².